The van der Waals surface area contributed by atoms with Crippen LogP contribution in [0.4, 0.5) is 10.8 Å². The summed E-state index contributed by atoms with van der Waals surface area (Å²) in [6.07, 6.45) is 2.85. The van der Waals surface area contributed by atoms with Crippen molar-refractivity contribution in [3.05, 3.63) is 65.4 Å². The van der Waals surface area contributed by atoms with Crippen LogP contribution in [0.1, 0.15) is 16.2 Å². The van der Waals surface area contributed by atoms with Gasteiger partial charge in [-0.05, 0) is 31.2 Å². The summed E-state index contributed by atoms with van der Waals surface area (Å²) in [6, 6.07) is 12.7. The second kappa shape index (κ2) is 7.54. The zero-order valence-electron chi connectivity index (χ0n) is 16.5. The Balaban J connectivity index is 1.51. The third-order valence-electron chi connectivity index (χ3n) is 4.68. The quantitative estimate of drug-likeness (QED) is 0.512. The number of amides is 1. The average Bonchev–Trinajstić information content (AvgIpc) is 3.35. The molecular formula is C20H19N5O3S2. The van der Waals surface area contributed by atoms with E-state index in [-0.39, 0.29) is 5.91 Å². The van der Waals surface area contributed by atoms with Crippen molar-refractivity contribution in [3.8, 4) is 11.3 Å². The standard InChI is InChI=1S/C20H19N5O3S2/c1-13-5-4-6-18-21-16(11-25(13)18)19(26)23-20-22-17(12-29-20)14-7-9-15(10-8-14)24(2)30(3,27)28/h4-12H,1-3H3,(H,22,23,26). The number of carbonyl (C=O) groups is 1. The topological polar surface area (TPSA) is 96.7 Å². The number of rotatable bonds is 5. The van der Waals surface area contributed by atoms with Gasteiger partial charge in [-0.3, -0.25) is 14.4 Å². The van der Waals surface area contributed by atoms with Crippen LogP contribution in [0.2, 0.25) is 0 Å². The Morgan fingerprint density at radius 3 is 2.53 bits per heavy atom. The molecule has 0 unspecified atom stereocenters. The molecule has 3 aromatic heterocycles. The number of pyridine rings is 1. The van der Waals surface area contributed by atoms with E-state index in [4.69, 9.17) is 0 Å². The first kappa shape index (κ1) is 20.0. The van der Waals surface area contributed by atoms with Gasteiger partial charge in [0.2, 0.25) is 10.0 Å². The van der Waals surface area contributed by atoms with Gasteiger partial charge in [0.25, 0.3) is 5.91 Å². The normalized spacial score (nSPS) is 11.6. The summed E-state index contributed by atoms with van der Waals surface area (Å²) in [5.41, 5.74) is 4.08. The number of nitrogens with one attached hydrogen (secondary N) is 1. The van der Waals surface area contributed by atoms with Gasteiger partial charge in [-0.25, -0.2) is 18.4 Å². The molecule has 0 spiro atoms. The second-order valence-corrected chi connectivity index (χ2v) is 9.66. The molecule has 0 aliphatic heterocycles. The smallest absolute Gasteiger partial charge is 0.277 e. The summed E-state index contributed by atoms with van der Waals surface area (Å²) in [7, 11) is -1.82. The number of hydrogen-bond acceptors (Lipinski definition) is 6. The van der Waals surface area contributed by atoms with Gasteiger partial charge in [0, 0.05) is 29.9 Å². The first-order valence-corrected chi connectivity index (χ1v) is 11.7. The molecule has 0 aliphatic rings. The highest BCUT2D eigenvalue weighted by atomic mass is 32.2. The summed E-state index contributed by atoms with van der Waals surface area (Å²) in [6.45, 7) is 1.95. The maximum Gasteiger partial charge on any atom is 0.277 e. The largest absolute Gasteiger partial charge is 0.304 e. The maximum atomic E-state index is 12.6. The number of nitrogens with zero attached hydrogens (tertiary/aromatic N) is 4. The lowest BCUT2D eigenvalue weighted by molar-refractivity contribution is 0.102. The predicted octanol–water partition coefficient (Wildman–Crippen LogP) is 3.41. The van der Waals surface area contributed by atoms with Crippen molar-refractivity contribution in [1.29, 1.82) is 0 Å². The Hall–Kier alpha value is -3.24. The molecule has 8 nitrogen and oxygen atoms in total. The van der Waals surface area contributed by atoms with Gasteiger partial charge >= 0.3 is 0 Å². The van der Waals surface area contributed by atoms with Crippen molar-refractivity contribution in [2.45, 2.75) is 6.92 Å². The Labute approximate surface area is 177 Å². The fourth-order valence-corrected chi connectivity index (χ4v) is 4.14. The first-order chi connectivity index (χ1) is 14.2. The van der Waals surface area contributed by atoms with Crippen LogP contribution in [-0.4, -0.2) is 42.0 Å². The van der Waals surface area contributed by atoms with E-state index < -0.39 is 10.0 Å². The Morgan fingerprint density at radius 1 is 1.13 bits per heavy atom. The lowest BCUT2D eigenvalue weighted by atomic mass is 10.1. The number of imidazole rings is 1. The van der Waals surface area contributed by atoms with E-state index in [1.54, 1.807) is 30.5 Å². The van der Waals surface area contributed by atoms with Gasteiger partial charge in [-0.2, -0.15) is 0 Å². The molecule has 4 rings (SSSR count). The average molecular weight is 442 g/mol. The molecule has 0 atom stereocenters. The minimum absolute atomic E-state index is 0.314. The monoisotopic (exact) mass is 441 g/mol. The zero-order valence-corrected chi connectivity index (χ0v) is 18.2. The van der Waals surface area contributed by atoms with Crippen LogP contribution in [0.5, 0.6) is 0 Å². The summed E-state index contributed by atoms with van der Waals surface area (Å²) >= 11 is 1.31. The van der Waals surface area contributed by atoms with Crippen LogP contribution in [0.25, 0.3) is 16.9 Å². The van der Waals surface area contributed by atoms with E-state index in [0.717, 1.165) is 17.5 Å². The molecule has 1 N–H and O–H groups in total. The molecule has 30 heavy (non-hydrogen) atoms. The first-order valence-electron chi connectivity index (χ1n) is 8.98. The number of anilines is 2. The molecule has 0 saturated carbocycles. The summed E-state index contributed by atoms with van der Waals surface area (Å²) in [5.74, 6) is -0.330. The fourth-order valence-electron chi connectivity index (χ4n) is 2.92. The molecule has 4 aromatic rings. The third kappa shape index (κ3) is 3.91. The minimum Gasteiger partial charge on any atom is -0.304 e. The van der Waals surface area contributed by atoms with Gasteiger partial charge < -0.3 is 4.40 Å². The zero-order chi connectivity index (χ0) is 21.5. The predicted molar refractivity (Wildman–Crippen MR) is 119 cm³/mol. The van der Waals surface area contributed by atoms with Crippen molar-refractivity contribution < 1.29 is 13.2 Å². The van der Waals surface area contributed by atoms with Gasteiger partial charge in [-0.1, -0.05) is 18.2 Å². The van der Waals surface area contributed by atoms with Crippen LogP contribution in [0.15, 0.2) is 54.0 Å². The maximum absolute atomic E-state index is 12.6. The number of benzene rings is 1. The molecule has 154 valence electrons. The number of aryl methyl sites for hydroxylation is 1. The molecule has 0 fully saturated rings. The molecule has 0 aliphatic carbocycles. The summed E-state index contributed by atoms with van der Waals surface area (Å²) in [4.78, 5) is 21.4. The Kier molecular flexibility index (Phi) is 5.04. The van der Waals surface area contributed by atoms with Crippen LogP contribution in [-0.2, 0) is 10.0 Å². The molecule has 3 heterocycles. The lowest BCUT2D eigenvalue weighted by Crippen LogP contribution is -2.24. The van der Waals surface area contributed by atoms with Crippen molar-refractivity contribution in [3.63, 3.8) is 0 Å². The van der Waals surface area contributed by atoms with E-state index in [2.05, 4.69) is 15.3 Å². The number of carbonyl (C=O) groups excluding carboxylic acids is 1. The van der Waals surface area contributed by atoms with E-state index in [1.165, 1.54) is 22.7 Å². The number of fused-ring (bicyclic) bond motifs is 1. The van der Waals surface area contributed by atoms with Gasteiger partial charge in [0.1, 0.15) is 11.3 Å². The second-order valence-electron chi connectivity index (χ2n) is 6.79. The highest BCUT2D eigenvalue weighted by Crippen LogP contribution is 2.27. The van der Waals surface area contributed by atoms with Crippen molar-refractivity contribution in [2.24, 2.45) is 0 Å². The molecule has 0 radical (unpaired) electrons. The van der Waals surface area contributed by atoms with Crippen LogP contribution in [0.3, 0.4) is 0 Å². The Bertz CT molecular complexity index is 1340. The van der Waals surface area contributed by atoms with E-state index >= 15 is 0 Å². The van der Waals surface area contributed by atoms with E-state index in [1.807, 2.05) is 34.9 Å². The summed E-state index contributed by atoms with van der Waals surface area (Å²) < 4.78 is 26.4. The molecule has 10 heteroatoms. The lowest BCUT2D eigenvalue weighted by Gasteiger charge is -2.16. The van der Waals surface area contributed by atoms with E-state index in [9.17, 15) is 13.2 Å². The highest BCUT2D eigenvalue weighted by molar-refractivity contribution is 7.92. The van der Waals surface area contributed by atoms with Gasteiger partial charge in [0.05, 0.1) is 17.6 Å². The van der Waals surface area contributed by atoms with Crippen molar-refractivity contribution >= 4 is 43.7 Å². The van der Waals surface area contributed by atoms with Crippen LogP contribution < -0.4 is 9.62 Å². The Morgan fingerprint density at radius 2 is 1.87 bits per heavy atom. The van der Waals surface area contributed by atoms with Crippen LogP contribution in [0, 0.1) is 6.92 Å². The highest BCUT2D eigenvalue weighted by Gasteiger charge is 2.15. The van der Waals surface area contributed by atoms with Gasteiger partial charge in [-0.15, -0.1) is 11.3 Å². The number of aromatic nitrogens is 3. The SMILES string of the molecule is Cc1cccc2nc(C(=O)Nc3nc(-c4ccc(N(C)S(C)(=O)=O)cc4)cs3)cn12. The number of thiazole rings is 1. The number of sulfonamides is 1. The molecule has 1 aromatic carbocycles. The minimum atomic E-state index is -3.32. The number of hydrogen-bond donors (Lipinski definition) is 1. The third-order valence-corrected chi connectivity index (χ3v) is 6.64. The van der Waals surface area contributed by atoms with Gasteiger partial charge in [0.15, 0.2) is 5.13 Å². The molecular weight excluding hydrogens is 422 g/mol. The molecule has 0 bridgehead atoms. The van der Waals surface area contributed by atoms with E-state index in [0.29, 0.717) is 27.9 Å². The fraction of sp³-hybridized carbons (Fsp3) is 0.150. The molecule has 0 saturated heterocycles. The van der Waals surface area contributed by atoms with Crippen LogP contribution >= 0.6 is 11.3 Å². The van der Waals surface area contributed by atoms with Crippen molar-refractivity contribution in [1.82, 2.24) is 14.4 Å². The summed E-state index contributed by atoms with van der Waals surface area (Å²) in [5, 5.41) is 5.07. The molecule has 1 amide bonds. The van der Waals surface area contributed by atoms with Crippen molar-refractivity contribution in [2.75, 3.05) is 22.9 Å².